The standard InChI is InChI=1S/C16H27N5O4S/c1-19-12-14(11-17-19)26(24,25)18-6-10-20-7-4-5-16(23,13-20)15(22)21-8-2-3-9-21/h11-12,18,23H,2-10,13H2,1H3. The van der Waals surface area contributed by atoms with Crippen molar-refractivity contribution in [3.05, 3.63) is 12.4 Å². The molecular weight excluding hydrogens is 358 g/mol. The number of amides is 1. The minimum atomic E-state index is -3.60. The number of nitrogens with one attached hydrogen (secondary N) is 1. The summed E-state index contributed by atoms with van der Waals surface area (Å²) >= 11 is 0. The number of β-amino-alcohol motifs (C(OH)–C–C–N with tert-alkyl or cyclic N) is 1. The summed E-state index contributed by atoms with van der Waals surface area (Å²) in [6.45, 7) is 3.07. The van der Waals surface area contributed by atoms with Crippen molar-refractivity contribution in [1.82, 2.24) is 24.3 Å². The lowest BCUT2D eigenvalue weighted by Crippen LogP contribution is -2.58. The third kappa shape index (κ3) is 4.25. The number of piperidine rings is 1. The molecule has 0 aliphatic carbocycles. The van der Waals surface area contributed by atoms with Crippen LogP contribution in [-0.4, -0.2) is 83.9 Å². The highest BCUT2D eigenvalue weighted by Gasteiger charge is 2.43. The Bertz CT molecular complexity index is 744. The molecule has 0 radical (unpaired) electrons. The molecule has 3 heterocycles. The number of aromatic nitrogens is 2. The molecule has 0 aromatic carbocycles. The minimum Gasteiger partial charge on any atom is -0.379 e. The normalized spacial score (nSPS) is 24.9. The van der Waals surface area contributed by atoms with Gasteiger partial charge in [0.15, 0.2) is 5.60 Å². The maximum atomic E-state index is 12.6. The zero-order chi connectivity index (χ0) is 18.8. The summed E-state index contributed by atoms with van der Waals surface area (Å²) in [6.07, 6.45) is 5.89. The zero-order valence-electron chi connectivity index (χ0n) is 15.1. The molecule has 1 aromatic heterocycles. The quantitative estimate of drug-likeness (QED) is 0.660. The first-order valence-electron chi connectivity index (χ1n) is 9.03. The molecule has 0 saturated carbocycles. The van der Waals surface area contributed by atoms with E-state index in [9.17, 15) is 18.3 Å². The summed E-state index contributed by atoms with van der Waals surface area (Å²) in [5.41, 5.74) is -1.36. The molecule has 26 heavy (non-hydrogen) atoms. The van der Waals surface area contributed by atoms with Crippen molar-refractivity contribution in [1.29, 1.82) is 0 Å². The van der Waals surface area contributed by atoms with Crippen LogP contribution in [0.25, 0.3) is 0 Å². The van der Waals surface area contributed by atoms with Crippen molar-refractivity contribution in [2.24, 2.45) is 7.05 Å². The molecule has 10 heteroatoms. The van der Waals surface area contributed by atoms with Gasteiger partial charge in [0.1, 0.15) is 4.90 Å². The zero-order valence-corrected chi connectivity index (χ0v) is 15.9. The van der Waals surface area contributed by atoms with Gasteiger partial charge in [-0.15, -0.1) is 0 Å². The number of nitrogens with zero attached hydrogens (tertiary/aromatic N) is 4. The van der Waals surface area contributed by atoms with Crippen LogP contribution in [0.2, 0.25) is 0 Å². The summed E-state index contributed by atoms with van der Waals surface area (Å²) in [4.78, 5) is 16.4. The Kier molecular flexibility index (Phi) is 5.66. The Labute approximate surface area is 154 Å². The number of likely N-dealkylation sites (tertiary alicyclic amines) is 2. The third-order valence-electron chi connectivity index (χ3n) is 5.05. The van der Waals surface area contributed by atoms with Crippen LogP contribution < -0.4 is 4.72 Å². The summed E-state index contributed by atoms with van der Waals surface area (Å²) in [6, 6.07) is 0. The number of carbonyl (C=O) groups is 1. The largest absolute Gasteiger partial charge is 0.379 e. The van der Waals surface area contributed by atoms with E-state index in [0.29, 0.717) is 32.5 Å². The fourth-order valence-electron chi connectivity index (χ4n) is 3.66. The lowest BCUT2D eigenvalue weighted by molar-refractivity contribution is -0.156. The maximum absolute atomic E-state index is 12.6. The SMILES string of the molecule is Cn1cc(S(=O)(=O)NCCN2CCCC(O)(C(=O)N3CCCC3)C2)cn1. The average Bonchev–Trinajstić information content (AvgIpc) is 3.26. The molecule has 1 unspecified atom stereocenters. The van der Waals surface area contributed by atoms with Crippen molar-refractivity contribution in [2.75, 3.05) is 39.3 Å². The van der Waals surface area contributed by atoms with Crippen LogP contribution in [0.1, 0.15) is 25.7 Å². The lowest BCUT2D eigenvalue weighted by atomic mass is 9.91. The summed E-state index contributed by atoms with van der Waals surface area (Å²) in [5.74, 6) is -0.185. The lowest BCUT2D eigenvalue weighted by Gasteiger charge is -2.39. The number of carbonyl (C=O) groups excluding carboxylic acids is 1. The Morgan fingerprint density at radius 3 is 2.69 bits per heavy atom. The van der Waals surface area contributed by atoms with E-state index in [2.05, 4.69) is 9.82 Å². The molecule has 0 bridgehead atoms. The predicted octanol–water partition coefficient (Wildman–Crippen LogP) is -0.852. The first-order chi connectivity index (χ1) is 12.3. The van der Waals surface area contributed by atoms with Crippen LogP contribution in [0, 0.1) is 0 Å². The minimum absolute atomic E-state index is 0.124. The molecule has 2 saturated heterocycles. The highest BCUT2D eigenvalue weighted by atomic mass is 32.2. The Morgan fingerprint density at radius 2 is 2.04 bits per heavy atom. The molecule has 9 nitrogen and oxygen atoms in total. The predicted molar refractivity (Wildman–Crippen MR) is 94.8 cm³/mol. The van der Waals surface area contributed by atoms with Gasteiger partial charge in [-0.1, -0.05) is 0 Å². The smallest absolute Gasteiger partial charge is 0.255 e. The third-order valence-corrected chi connectivity index (χ3v) is 6.47. The monoisotopic (exact) mass is 385 g/mol. The second-order valence-corrected chi connectivity index (χ2v) is 8.93. The van der Waals surface area contributed by atoms with Gasteiger partial charge in [0.2, 0.25) is 10.0 Å². The van der Waals surface area contributed by atoms with Gasteiger partial charge in [-0.3, -0.25) is 14.4 Å². The molecule has 146 valence electrons. The Balaban J connectivity index is 1.53. The first kappa shape index (κ1) is 19.3. The fraction of sp³-hybridized carbons (Fsp3) is 0.750. The van der Waals surface area contributed by atoms with Crippen LogP contribution in [0.15, 0.2) is 17.3 Å². The maximum Gasteiger partial charge on any atom is 0.255 e. The van der Waals surface area contributed by atoms with Crippen molar-refractivity contribution in [3.8, 4) is 0 Å². The van der Waals surface area contributed by atoms with Gasteiger partial charge in [-0.25, -0.2) is 13.1 Å². The van der Waals surface area contributed by atoms with E-state index in [1.54, 1.807) is 11.9 Å². The number of sulfonamides is 1. The van der Waals surface area contributed by atoms with E-state index in [4.69, 9.17) is 0 Å². The highest BCUT2D eigenvalue weighted by Crippen LogP contribution is 2.25. The molecule has 1 amide bonds. The van der Waals surface area contributed by atoms with E-state index < -0.39 is 15.6 Å². The van der Waals surface area contributed by atoms with E-state index >= 15 is 0 Å². The fourth-order valence-corrected chi connectivity index (χ4v) is 4.67. The highest BCUT2D eigenvalue weighted by molar-refractivity contribution is 7.89. The first-order valence-corrected chi connectivity index (χ1v) is 10.5. The summed E-state index contributed by atoms with van der Waals surface area (Å²) in [7, 11) is -1.94. The van der Waals surface area contributed by atoms with Crippen LogP contribution in [0.4, 0.5) is 0 Å². The molecule has 1 aromatic rings. The number of aliphatic hydroxyl groups is 1. The molecule has 2 fully saturated rings. The van der Waals surface area contributed by atoms with Gasteiger partial charge in [0.25, 0.3) is 5.91 Å². The number of aryl methyl sites for hydroxylation is 1. The van der Waals surface area contributed by atoms with Gasteiger partial charge in [-0.05, 0) is 32.2 Å². The average molecular weight is 385 g/mol. The molecule has 0 spiro atoms. The van der Waals surface area contributed by atoms with Crippen LogP contribution in [0.5, 0.6) is 0 Å². The van der Waals surface area contributed by atoms with Crippen molar-refractivity contribution >= 4 is 15.9 Å². The topological polar surface area (TPSA) is 108 Å². The van der Waals surface area contributed by atoms with Crippen molar-refractivity contribution < 1.29 is 18.3 Å². The second kappa shape index (κ2) is 7.63. The number of hydrogen-bond donors (Lipinski definition) is 2. The summed E-state index contributed by atoms with van der Waals surface area (Å²) in [5, 5.41) is 14.7. The van der Waals surface area contributed by atoms with Gasteiger partial charge < -0.3 is 10.0 Å². The van der Waals surface area contributed by atoms with E-state index in [1.807, 2.05) is 4.90 Å². The van der Waals surface area contributed by atoms with E-state index in [0.717, 1.165) is 19.4 Å². The van der Waals surface area contributed by atoms with Gasteiger partial charge in [0, 0.05) is 46.0 Å². The molecular formula is C16H27N5O4S. The Hall–Kier alpha value is -1.49. The van der Waals surface area contributed by atoms with Gasteiger partial charge >= 0.3 is 0 Å². The summed E-state index contributed by atoms with van der Waals surface area (Å²) < 4.78 is 28.4. The van der Waals surface area contributed by atoms with E-state index in [1.165, 1.54) is 17.1 Å². The molecule has 3 rings (SSSR count). The van der Waals surface area contributed by atoms with Crippen LogP contribution in [-0.2, 0) is 21.9 Å². The van der Waals surface area contributed by atoms with Crippen molar-refractivity contribution in [3.63, 3.8) is 0 Å². The molecule has 2 N–H and O–H groups in total. The second-order valence-electron chi connectivity index (χ2n) is 7.16. The Morgan fingerprint density at radius 1 is 1.31 bits per heavy atom. The van der Waals surface area contributed by atoms with Gasteiger partial charge in [-0.2, -0.15) is 5.10 Å². The van der Waals surface area contributed by atoms with Gasteiger partial charge in [0.05, 0.1) is 6.20 Å². The van der Waals surface area contributed by atoms with Crippen LogP contribution >= 0.6 is 0 Å². The molecule has 2 aliphatic rings. The van der Waals surface area contributed by atoms with Crippen LogP contribution in [0.3, 0.4) is 0 Å². The molecule has 1 atom stereocenters. The van der Waals surface area contributed by atoms with E-state index in [-0.39, 0.29) is 23.9 Å². The molecule has 2 aliphatic heterocycles. The number of rotatable bonds is 6. The van der Waals surface area contributed by atoms with Crippen molar-refractivity contribution in [2.45, 2.75) is 36.2 Å². The number of hydrogen-bond acceptors (Lipinski definition) is 6.